The number of hydrogen-bond donors (Lipinski definition) is 3. The number of rotatable bonds is 6. The van der Waals surface area contributed by atoms with Gasteiger partial charge in [0.15, 0.2) is 0 Å². The van der Waals surface area contributed by atoms with Crippen LogP contribution >= 0.6 is 0 Å². The molecule has 134 valence electrons. The van der Waals surface area contributed by atoms with Crippen LogP contribution in [0.4, 0.5) is 0 Å². The molecule has 0 bridgehead atoms. The zero-order valence-corrected chi connectivity index (χ0v) is 14.5. The highest BCUT2D eigenvalue weighted by Gasteiger charge is 2.45. The summed E-state index contributed by atoms with van der Waals surface area (Å²) in [7, 11) is 1.95. The van der Waals surface area contributed by atoms with Crippen molar-refractivity contribution in [3.05, 3.63) is 29.8 Å². The van der Waals surface area contributed by atoms with Crippen LogP contribution in [0.15, 0.2) is 18.6 Å². The Morgan fingerprint density at radius 1 is 1.36 bits per heavy atom. The van der Waals surface area contributed by atoms with E-state index in [4.69, 9.17) is 0 Å². The van der Waals surface area contributed by atoms with Crippen molar-refractivity contribution in [3.8, 4) is 0 Å². The molecule has 25 heavy (non-hydrogen) atoms. The quantitative estimate of drug-likeness (QED) is 0.741. The van der Waals surface area contributed by atoms with Crippen LogP contribution in [-0.2, 0) is 5.66 Å². The Morgan fingerprint density at radius 3 is 2.80 bits per heavy atom. The first-order valence-corrected chi connectivity index (χ1v) is 9.13. The van der Waals surface area contributed by atoms with E-state index in [1.54, 1.807) is 12.4 Å². The SMILES string of the molecule is CNC1(n2cc(C(NC(=O)c3cn[nH]c3)C3CCCCC3)nn2)CC1. The third-order valence-electron chi connectivity index (χ3n) is 5.63. The van der Waals surface area contributed by atoms with Gasteiger partial charge < -0.3 is 5.32 Å². The Hall–Kier alpha value is -2.22. The smallest absolute Gasteiger partial charge is 0.255 e. The fourth-order valence-corrected chi connectivity index (χ4v) is 3.84. The summed E-state index contributed by atoms with van der Waals surface area (Å²) in [6.45, 7) is 0. The Labute approximate surface area is 146 Å². The number of nitrogens with one attached hydrogen (secondary N) is 3. The standard InChI is InChI=1S/C17H25N7O/c1-18-17(7-8-17)24-11-14(22-23-24)15(12-5-3-2-4-6-12)21-16(25)13-9-19-20-10-13/h9-12,15,18H,2-8H2,1H3,(H,19,20)(H,21,25). The Morgan fingerprint density at radius 2 is 2.16 bits per heavy atom. The fourth-order valence-electron chi connectivity index (χ4n) is 3.84. The number of nitrogens with zero attached hydrogens (tertiary/aromatic N) is 4. The molecule has 2 aromatic rings. The lowest BCUT2D eigenvalue weighted by Crippen LogP contribution is -2.35. The molecule has 2 saturated carbocycles. The summed E-state index contributed by atoms with van der Waals surface area (Å²) in [5.41, 5.74) is 1.31. The second-order valence-corrected chi connectivity index (χ2v) is 7.21. The Bertz CT molecular complexity index is 713. The van der Waals surface area contributed by atoms with Crippen LogP contribution in [-0.4, -0.2) is 38.1 Å². The van der Waals surface area contributed by atoms with Crippen molar-refractivity contribution in [2.75, 3.05) is 7.05 Å². The molecule has 2 fully saturated rings. The molecule has 4 rings (SSSR count). The number of aromatic amines is 1. The second-order valence-electron chi connectivity index (χ2n) is 7.21. The van der Waals surface area contributed by atoms with E-state index in [9.17, 15) is 4.79 Å². The van der Waals surface area contributed by atoms with Crippen molar-refractivity contribution < 1.29 is 4.79 Å². The van der Waals surface area contributed by atoms with Gasteiger partial charge in [-0.15, -0.1) is 5.10 Å². The van der Waals surface area contributed by atoms with Gasteiger partial charge in [0.2, 0.25) is 0 Å². The first-order chi connectivity index (χ1) is 12.2. The molecule has 2 heterocycles. The maximum Gasteiger partial charge on any atom is 0.255 e. The van der Waals surface area contributed by atoms with E-state index in [-0.39, 0.29) is 17.6 Å². The molecule has 2 aliphatic carbocycles. The molecule has 1 amide bonds. The molecule has 3 N–H and O–H groups in total. The highest BCUT2D eigenvalue weighted by Crippen LogP contribution is 2.40. The minimum atomic E-state index is -0.117. The highest BCUT2D eigenvalue weighted by molar-refractivity contribution is 5.93. The summed E-state index contributed by atoms with van der Waals surface area (Å²) in [5.74, 6) is 0.285. The lowest BCUT2D eigenvalue weighted by Gasteiger charge is -2.29. The van der Waals surface area contributed by atoms with Gasteiger partial charge in [-0.3, -0.25) is 15.2 Å². The molecule has 0 aliphatic heterocycles. The summed E-state index contributed by atoms with van der Waals surface area (Å²) in [4.78, 5) is 12.6. The third-order valence-corrected chi connectivity index (χ3v) is 5.63. The maximum atomic E-state index is 12.6. The van der Waals surface area contributed by atoms with E-state index >= 15 is 0 Å². The van der Waals surface area contributed by atoms with Gasteiger partial charge in [0, 0.05) is 6.20 Å². The van der Waals surface area contributed by atoms with E-state index in [1.165, 1.54) is 19.3 Å². The van der Waals surface area contributed by atoms with Gasteiger partial charge in [0.1, 0.15) is 11.4 Å². The molecule has 2 aliphatic rings. The zero-order valence-electron chi connectivity index (χ0n) is 14.5. The summed E-state index contributed by atoms with van der Waals surface area (Å²) in [6, 6.07) is -0.107. The number of amides is 1. The fraction of sp³-hybridized carbons (Fsp3) is 0.647. The molecule has 8 heteroatoms. The Balaban J connectivity index is 1.57. The minimum Gasteiger partial charge on any atom is -0.343 e. The van der Waals surface area contributed by atoms with Gasteiger partial charge in [0.25, 0.3) is 5.91 Å². The van der Waals surface area contributed by atoms with Crippen molar-refractivity contribution in [2.24, 2.45) is 5.92 Å². The monoisotopic (exact) mass is 343 g/mol. The van der Waals surface area contributed by atoms with E-state index in [2.05, 4.69) is 31.1 Å². The topological polar surface area (TPSA) is 101 Å². The predicted molar refractivity (Wildman–Crippen MR) is 91.7 cm³/mol. The van der Waals surface area contributed by atoms with E-state index < -0.39 is 0 Å². The summed E-state index contributed by atoms with van der Waals surface area (Å²) in [5, 5.41) is 21.8. The number of H-pyrrole nitrogens is 1. The van der Waals surface area contributed by atoms with Gasteiger partial charge in [-0.1, -0.05) is 24.5 Å². The van der Waals surface area contributed by atoms with Gasteiger partial charge in [-0.25, -0.2) is 4.68 Å². The Kier molecular flexibility index (Phi) is 4.29. The normalized spacial score (nSPS) is 21.0. The van der Waals surface area contributed by atoms with Crippen LogP contribution in [0, 0.1) is 5.92 Å². The molecule has 2 aromatic heterocycles. The average molecular weight is 343 g/mol. The molecule has 0 radical (unpaired) electrons. The van der Waals surface area contributed by atoms with E-state index in [0.29, 0.717) is 11.5 Å². The summed E-state index contributed by atoms with van der Waals surface area (Å²) >= 11 is 0. The largest absolute Gasteiger partial charge is 0.343 e. The van der Waals surface area contributed by atoms with Crippen molar-refractivity contribution in [2.45, 2.75) is 56.7 Å². The first-order valence-electron chi connectivity index (χ1n) is 9.13. The minimum absolute atomic E-state index is 0.0864. The van der Waals surface area contributed by atoms with Gasteiger partial charge >= 0.3 is 0 Å². The third kappa shape index (κ3) is 3.18. The predicted octanol–water partition coefficient (Wildman–Crippen LogP) is 1.72. The van der Waals surface area contributed by atoms with Crippen molar-refractivity contribution in [1.82, 2.24) is 35.8 Å². The molecule has 8 nitrogen and oxygen atoms in total. The molecule has 0 spiro atoms. The van der Waals surface area contributed by atoms with Crippen molar-refractivity contribution in [3.63, 3.8) is 0 Å². The molecule has 0 saturated heterocycles. The van der Waals surface area contributed by atoms with E-state index in [1.807, 2.05) is 17.9 Å². The van der Waals surface area contributed by atoms with Crippen LogP contribution in [0.2, 0.25) is 0 Å². The van der Waals surface area contributed by atoms with Crippen LogP contribution in [0.1, 0.15) is 67.0 Å². The number of hydrogen-bond acceptors (Lipinski definition) is 5. The van der Waals surface area contributed by atoms with Gasteiger partial charge in [-0.2, -0.15) is 5.10 Å². The zero-order chi connectivity index (χ0) is 17.3. The molecular formula is C17H25N7O. The maximum absolute atomic E-state index is 12.6. The molecule has 1 unspecified atom stereocenters. The van der Waals surface area contributed by atoms with Crippen molar-refractivity contribution >= 4 is 5.91 Å². The second kappa shape index (κ2) is 6.59. The van der Waals surface area contributed by atoms with Crippen LogP contribution in [0.3, 0.4) is 0 Å². The number of carbonyl (C=O) groups is 1. The van der Waals surface area contributed by atoms with Gasteiger partial charge in [0.05, 0.1) is 24.0 Å². The molecule has 0 aromatic carbocycles. The van der Waals surface area contributed by atoms with Crippen LogP contribution in [0.25, 0.3) is 0 Å². The summed E-state index contributed by atoms with van der Waals surface area (Å²) < 4.78 is 1.92. The van der Waals surface area contributed by atoms with Crippen LogP contribution < -0.4 is 10.6 Å². The summed E-state index contributed by atoms with van der Waals surface area (Å²) in [6.07, 6.45) is 13.2. The average Bonchev–Trinajstić information content (AvgIpc) is 3.05. The first kappa shape index (κ1) is 16.3. The highest BCUT2D eigenvalue weighted by atomic mass is 16.1. The molecule has 1 atom stereocenters. The van der Waals surface area contributed by atoms with Crippen LogP contribution in [0.5, 0.6) is 0 Å². The number of carbonyl (C=O) groups excluding carboxylic acids is 1. The van der Waals surface area contributed by atoms with Gasteiger partial charge in [-0.05, 0) is 38.6 Å². The number of aromatic nitrogens is 5. The van der Waals surface area contributed by atoms with E-state index in [0.717, 1.165) is 31.4 Å². The lowest BCUT2D eigenvalue weighted by molar-refractivity contribution is 0.0911. The lowest BCUT2D eigenvalue weighted by atomic mass is 9.82. The van der Waals surface area contributed by atoms with Crippen molar-refractivity contribution in [1.29, 1.82) is 0 Å². The molecular weight excluding hydrogens is 318 g/mol.